The van der Waals surface area contributed by atoms with Crippen molar-refractivity contribution in [3.8, 4) is 6.07 Å². The van der Waals surface area contributed by atoms with Gasteiger partial charge in [-0.15, -0.1) is 0 Å². The first-order valence-corrected chi connectivity index (χ1v) is 9.24. The van der Waals surface area contributed by atoms with E-state index in [0.717, 1.165) is 19.4 Å². The molecule has 0 saturated carbocycles. The lowest BCUT2D eigenvalue weighted by atomic mass is 9.78. The fourth-order valence-corrected chi connectivity index (χ4v) is 3.92. The van der Waals surface area contributed by atoms with Gasteiger partial charge in [-0.1, -0.05) is 20.8 Å². The van der Waals surface area contributed by atoms with E-state index in [1.54, 1.807) is 6.92 Å². The van der Waals surface area contributed by atoms with Gasteiger partial charge >= 0.3 is 0 Å². The average molecular weight is 331 g/mol. The lowest BCUT2D eigenvalue weighted by Crippen LogP contribution is -2.48. The van der Waals surface area contributed by atoms with Crippen LogP contribution in [0.5, 0.6) is 0 Å². The predicted molar refractivity (Wildman–Crippen MR) is 86.2 cm³/mol. The second-order valence-electron chi connectivity index (χ2n) is 7.22. The van der Waals surface area contributed by atoms with Crippen LogP contribution in [0.1, 0.15) is 40.5 Å². The maximum Gasteiger partial charge on any atom is 0.279 e. The zero-order chi connectivity index (χ0) is 17.0. The van der Waals surface area contributed by atoms with Crippen LogP contribution in [0.15, 0.2) is 0 Å². The van der Waals surface area contributed by atoms with Crippen molar-refractivity contribution in [2.45, 2.75) is 46.6 Å². The molecule has 1 aliphatic heterocycles. The Hall–Kier alpha value is -0.680. The first kappa shape index (κ1) is 19.4. The highest BCUT2D eigenvalue weighted by Gasteiger charge is 2.36. The summed E-state index contributed by atoms with van der Waals surface area (Å²) in [6.45, 7) is 9.36. The fourth-order valence-electron chi connectivity index (χ4n) is 2.86. The molecule has 0 aromatic carbocycles. The average Bonchev–Trinajstić information content (AvgIpc) is 2.44. The Balaban J connectivity index is 2.64. The number of hydrogen-bond acceptors (Lipinski definition) is 4. The monoisotopic (exact) mass is 331 g/mol. The Bertz CT molecular complexity index is 493. The van der Waals surface area contributed by atoms with E-state index in [-0.39, 0.29) is 29.9 Å². The van der Waals surface area contributed by atoms with Gasteiger partial charge in [0.25, 0.3) is 10.2 Å². The van der Waals surface area contributed by atoms with E-state index >= 15 is 0 Å². The van der Waals surface area contributed by atoms with Crippen LogP contribution in [0.25, 0.3) is 0 Å². The molecule has 22 heavy (non-hydrogen) atoms. The zero-order valence-corrected chi connectivity index (χ0v) is 15.1. The molecule has 0 aromatic heterocycles. The molecule has 128 valence electrons. The maximum atomic E-state index is 12.2. The number of nitrogens with zero attached hydrogens (tertiary/aromatic N) is 2. The van der Waals surface area contributed by atoms with Crippen molar-refractivity contribution < 1.29 is 13.2 Å². The van der Waals surface area contributed by atoms with Gasteiger partial charge in [0.2, 0.25) is 0 Å². The molecule has 1 heterocycles. The van der Waals surface area contributed by atoms with Gasteiger partial charge < -0.3 is 4.74 Å². The summed E-state index contributed by atoms with van der Waals surface area (Å²) in [5, 5.41) is 8.80. The van der Waals surface area contributed by atoms with Crippen LogP contribution < -0.4 is 4.72 Å². The number of nitriles is 1. The zero-order valence-electron chi connectivity index (χ0n) is 14.3. The molecule has 0 bridgehead atoms. The second kappa shape index (κ2) is 7.73. The van der Waals surface area contributed by atoms with Gasteiger partial charge in [-0.25, -0.2) is 4.72 Å². The molecule has 0 amide bonds. The normalized spacial score (nSPS) is 25.0. The standard InChI is InChI=1S/C15H29N3O3S/c1-12(9-16)11-18(5)22(19,20)17-10-13-7-6-8-21-14(13)15(2,3)4/h12-14,17H,6-8,10-11H2,1-5H3. The number of hydrogen-bond donors (Lipinski definition) is 1. The van der Waals surface area contributed by atoms with Crippen LogP contribution in [0, 0.1) is 28.6 Å². The summed E-state index contributed by atoms with van der Waals surface area (Å²) >= 11 is 0. The van der Waals surface area contributed by atoms with E-state index in [4.69, 9.17) is 10.00 Å². The van der Waals surface area contributed by atoms with Crippen molar-refractivity contribution in [3.05, 3.63) is 0 Å². The molecule has 1 rings (SSSR count). The van der Waals surface area contributed by atoms with E-state index in [0.29, 0.717) is 6.54 Å². The molecule has 0 radical (unpaired) electrons. The highest BCUT2D eigenvalue weighted by atomic mass is 32.2. The lowest BCUT2D eigenvalue weighted by Gasteiger charge is -2.40. The minimum atomic E-state index is -3.56. The third kappa shape index (κ3) is 5.51. The molecule has 0 aromatic rings. The van der Waals surface area contributed by atoms with Crippen molar-refractivity contribution in [2.75, 3.05) is 26.7 Å². The van der Waals surface area contributed by atoms with E-state index in [9.17, 15) is 8.42 Å². The summed E-state index contributed by atoms with van der Waals surface area (Å²) in [5.41, 5.74) is -0.0161. The molecule has 0 spiro atoms. The summed E-state index contributed by atoms with van der Waals surface area (Å²) < 4.78 is 34.2. The van der Waals surface area contributed by atoms with Crippen molar-refractivity contribution in [1.29, 1.82) is 5.26 Å². The van der Waals surface area contributed by atoms with Gasteiger partial charge in [0, 0.05) is 26.7 Å². The SMILES string of the molecule is CC(C#N)CN(C)S(=O)(=O)NCC1CCCOC1C(C)(C)C. The Morgan fingerprint density at radius 3 is 2.64 bits per heavy atom. The van der Waals surface area contributed by atoms with Gasteiger partial charge in [0.15, 0.2) is 0 Å². The third-order valence-corrected chi connectivity index (χ3v) is 5.49. The number of nitrogens with one attached hydrogen (secondary N) is 1. The molecule has 1 fully saturated rings. The maximum absolute atomic E-state index is 12.2. The van der Waals surface area contributed by atoms with Crippen LogP contribution in [0.2, 0.25) is 0 Å². The fraction of sp³-hybridized carbons (Fsp3) is 0.933. The van der Waals surface area contributed by atoms with E-state index in [1.165, 1.54) is 11.4 Å². The third-order valence-electron chi connectivity index (χ3n) is 3.99. The van der Waals surface area contributed by atoms with Crippen molar-refractivity contribution in [2.24, 2.45) is 17.3 Å². The smallest absolute Gasteiger partial charge is 0.279 e. The Morgan fingerprint density at radius 1 is 1.45 bits per heavy atom. The van der Waals surface area contributed by atoms with Gasteiger partial charge in [-0.2, -0.15) is 18.0 Å². The number of ether oxygens (including phenoxy) is 1. The molecular weight excluding hydrogens is 302 g/mol. The Morgan fingerprint density at radius 2 is 2.09 bits per heavy atom. The molecule has 6 nitrogen and oxygen atoms in total. The summed E-state index contributed by atoms with van der Waals surface area (Å²) in [6.07, 6.45) is 1.97. The lowest BCUT2D eigenvalue weighted by molar-refractivity contribution is -0.0833. The molecule has 0 aliphatic carbocycles. The molecule has 7 heteroatoms. The molecule has 3 atom stereocenters. The Kier molecular flexibility index (Phi) is 6.81. The van der Waals surface area contributed by atoms with Crippen LogP contribution in [-0.2, 0) is 14.9 Å². The quantitative estimate of drug-likeness (QED) is 0.804. The van der Waals surface area contributed by atoms with E-state index in [2.05, 4.69) is 25.5 Å². The highest BCUT2D eigenvalue weighted by molar-refractivity contribution is 7.87. The predicted octanol–water partition coefficient (Wildman–Crippen LogP) is 1.75. The first-order valence-electron chi connectivity index (χ1n) is 7.80. The summed E-state index contributed by atoms with van der Waals surface area (Å²) in [7, 11) is -2.06. The first-order chi connectivity index (χ1) is 10.1. The minimum absolute atomic E-state index is 0.0161. The molecule has 1 saturated heterocycles. The van der Waals surface area contributed by atoms with Crippen molar-refractivity contribution in [3.63, 3.8) is 0 Å². The summed E-state index contributed by atoms with van der Waals surface area (Å²) in [4.78, 5) is 0. The molecule has 1 aliphatic rings. The largest absolute Gasteiger partial charge is 0.377 e. The van der Waals surface area contributed by atoms with Gasteiger partial charge in [0.05, 0.1) is 18.1 Å². The summed E-state index contributed by atoms with van der Waals surface area (Å²) in [6, 6.07) is 2.05. The summed E-state index contributed by atoms with van der Waals surface area (Å²) in [5.74, 6) is -0.160. The van der Waals surface area contributed by atoms with Gasteiger partial charge in [-0.05, 0) is 31.1 Å². The molecule has 3 unspecified atom stereocenters. The minimum Gasteiger partial charge on any atom is -0.377 e. The van der Waals surface area contributed by atoms with Gasteiger partial charge in [0.1, 0.15) is 0 Å². The van der Waals surface area contributed by atoms with E-state index < -0.39 is 10.2 Å². The van der Waals surface area contributed by atoms with Crippen LogP contribution in [0.3, 0.4) is 0 Å². The highest BCUT2D eigenvalue weighted by Crippen LogP contribution is 2.33. The second-order valence-corrected chi connectivity index (χ2v) is 9.09. The van der Waals surface area contributed by atoms with Gasteiger partial charge in [-0.3, -0.25) is 0 Å². The van der Waals surface area contributed by atoms with Crippen molar-refractivity contribution >= 4 is 10.2 Å². The topological polar surface area (TPSA) is 82.4 Å². The van der Waals surface area contributed by atoms with E-state index in [1.807, 2.05) is 6.07 Å². The van der Waals surface area contributed by atoms with Crippen LogP contribution in [0.4, 0.5) is 0 Å². The molecular formula is C15H29N3O3S. The number of rotatable bonds is 6. The Labute approximate surface area is 135 Å². The van der Waals surface area contributed by atoms with Crippen molar-refractivity contribution in [1.82, 2.24) is 9.03 Å². The van der Waals surface area contributed by atoms with Crippen LogP contribution >= 0.6 is 0 Å². The molecule has 1 N–H and O–H groups in total. The van der Waals surface area contributed by atoms with Crippen LogP contribution in [-0.4, -0.2) is 45.6 Å².